The minimum atomic E-state index is -2.38. The molecule has 3 atom stereocenters. The van der Waals surface area contributed by atoms with E-state index in [9.17, 15) is 20.4 Å². The Balaban J connectivity index is 1.92. The summed E-state index contributed by atoms with van der Waals surface area (Å²) in [4.78, 5) is 2.14. The van der Waals surface area contributed by atoms with E-state index in [2.05, 4.69) is 4.90 Å². The molecule has 7 nitrogen and oxygen atoms in total. The summed E-state index contributed by atoms with van der Waals surface area (Å²) in [5.41, 5.74) is 0.475. The molecule has 2 aliphatic rings. The quantitative estimate of drug-likeness (QED) is 0.573. The number of piperidine rings is 1. The summed E-state index contributed by atoms with van der Waals surface area (Å²) in [6.07, 6.45) is 0.199. The van der Waals surface area contributed by atoms with E-state index in [4.69, 9.17) is 9.47 Å². The van der Waals surface area contributed by atoms with E-state index in [1.165, 1.54) is 13.8 Å². The van der Waals surface area contributed by atoms with Crippen LogP contribution in [0.1, 0.15) is 37.4 Å². The van der Waals surface area contributed by atoms with Crippen LogP contribution in [0.2, 0.25) is 0 Å². The molecule has 7 heteroatoms. The third kappa shape index (κ3) is 3.08. The van der Waals surface area contributed by atoms with Crippen LogP contribution in [-0.2, 0) is 6.42 Å². The van der Waals surface area contributed by atoms with Crippen molar-refractivity contribution in [3.05, 3.63) is 23.3 Å². The van der Waals surface area contributed by atoms with Gasteiger partial charge in [-0.05, 0) is 49.9 Å². The summed E-state index contributed by atoms with van der Waals surface area (Å²) in [5.74, 6) is -1.92. The number of nitrogens with zero attached hydrogens (tertiary/aromatic N) is 1. The van der Waals surface area contributed by atoms with Crippen LogP contribution in [0.25, 0.3) is 0 Å². The number of rotatable bonds is 4. The van der Waals surface area contributed by atoms with Crippen LogP contribution < -0.4 is 9.47 Å². The molecule has 1 saturated heterocycles. The third-order valence-electron chi connectivity index (χ3n) is 5.89. The first kappa shape index (κ1) is 19.4. The molecule has 26 heavy (non-hydrogen) atoms. The van der Waals surface area contributed by atoms with Gasteiger partial charge in [0.25, 0.3) is 0 Å². The Morgan fingerprint density at radius 1 is 1.08 bits per heavy atom. The predicted molar refractivity (Wildman–Crippen MR) is 95.1 cm³/mol. The van der Waals surface area contributed by atoms with Crippen LogP contribution in [-0.4, -0.2) is 70.1 Å². The molecule has 0 radical (unpaired) electrons. The predicted octanol–water partition coefficient (Wildman–Crippen LogP) is 0.436. The van der Waals surface area contributed by atoms with E-state index in [1.807, 2.05) is 12.1 Å². The molecule has 3 unspecified atom stereocenters. The Morgan fingerprint density at radius 3 is 2.27 bits per heavy atom. The van der Waals surface area contributed by atoms with Crippen LogP contribution in [0.15, 0.2) is 12.1 Å². The fraction of sp³-hybridized carbons (Fsp3) is 0.684. The smallest absolute Gasteiger partial charge is 0.198 e. The van der Waals surface area contributed by atoms with Crippen molar-refractivity contribution >= 4 is 0 Å². The zero-order valence-corrected chi connectivity index (χ0v) is 15.8. The van der Waals surface area contributed by atoms with Crippen LogP contribution in [0.4, 0.5) is 0 Å². The van der Waals surface area contributed by atoms with Gasteiger partial charge < -0.3 is 29.9 Å². The molecule has 2 heterocycles. The van der Waals surface area contributed by atoms with Gasteiger partial charge in [-0.3, -0.25) is 4.90 Å². The lowest BCUT2D eigenvalue weighted by molar-refractivity contribution is -0.312. The van der Waals surface area contributed by atoms with Crippen molar-refractivity contribution in [2.75, 3.05) is 27.3 Å². The molecule has 2 aliphatic heterocycles. The molecule has 0 amide bonds. The number of aliphatic hydroxyl groups is 4. The highest BCUT2D eigenvalue weighted by Gasteiger charge is 2.53. The third-order valence-corrected chi connectivity index (χ3v) is 5.89. The SMILES string of the molecule is COc1cc2c(cc1OC)C1CC(O)C(C(O)(O)C(C)(C)O)CN1CC2. The molecule has 1 aromatic rings. The Bertz CT molecular complexity index is 669. The van der Waals surface area contributed by atoms with Gasteiger partial charge in [0.2, 0.25) is 0 Å². The van der Waals surface area contributed by atoms with Gasteiger partial charge in [-0.25, -0.2) is 0 Å². The Hall–Kier alpha value is -1.38. The number of ether oxygens (including phenoxy) is 2. The maximum atomic E-state index is 10.6. The van der Waals surface area contributed by atoms with Gasteiger partial charge in [0.05, 0.1) is 26.2 Å². The lowest BCUT2D eigenvalue weighted by atomic mass is 9.74. The van der Waals surface area contributed by atoms with Crippen molar-refractivity contribution in [1.29, 1.82) is 0 Å². The second kappa shape index (κ2) is 6.65. The second-order valence-corrected chi connectivity index (χ2v) is 7.86. The molecule has 1 aromatic carbocycles. The highest BCUT2D eigenvalue weighted by Crippen LogP contribution is 2.45. The van der Waals surface area contributed by atoms with Crippen LogP contribution in [0, 0.1) is 5.92 Å². The Kier molecular flexibility index (Phi) is 4.96. The molecule has 4 N–H and O–H groups in total. The number of hydrogen-bond acceptors (Lipinski definition) is 7. The van der Waals surface area contributed by atoms with E-state index in [0.29, 0.717) is 17.9 Å². The highest BCUT2D eigenvalue weighted by atomic mass is 16.5. The molecule has 1 fully saturated rings. The molecule has 0 saturated carbocycles. The monoisotopic (exact) mass is 367 g/mol. The molecule has 0 bridgehead atoms. The number of fused-ring (bicyclic) bond motifs is 3. The van der Waals surface area contributed by atoms with Crippen molar-refractivity contribution in [2.45, 2.75) is 50.2 Å². The summed E-state index contributed by atoms with van der Waals surface area (Å²) in [7, 11) is 3.19. The Labute approximate surface area is 153 Å². The number of hydrogen-bond donors (Lipinski definition) is 4. The zero-order valence-electron chi connectivity index (χ0n) is 15.8. The van der Waals surface area contributed by atoms with Crippen molar-refractivity contribution in [1.82, 2.24) is 4.90 Å². The standard InChI is InChI=1S/C19H29NO6/c1-18(2,22)19(23,24)13-10-20-6-5-11-7-16(25-3)17(26-4)8-12(11)14(20)9-15(13)21/h7-8,13-15,21-24H,5-6,9-10H2,1-4H3. The summed E-state index contributed by atoms with van der Waals surface area (Å²) >= 11 is 0. The van der Waals surface area contributed by atoms with Crippen molar-refractivity contribution < 1.29 is 29.9 Å². The van der Waals surface area contributed by atoms with E-state index in [0.717, 1.165) is 24.1 Å². The zero-order chi connectivity index (χ0) is 19.3. The summed E-state index contributed by atoms with van der Waals surface area (Å²) in [6, 6.07) is 3.88. The first-order valence-corrected chi connectivity index (χ1v) is 8.94. The minimum absolute atomic E-state index is 0.0394. The van der Waals surface area contributed by atoms with Gasteiger partial charge >= 0.3 is 0 Å². The van der Waals surface area contributed by atoms with Gasteiger partial charge in [0.15, 0.2) is 17.3 Å². The fourth-order valence-corrected chi connectivity index (χ4v) is 4.19. The van der Waals surface area contributed by atoms with E-state index in [-0.39, 0.29) is 12.6 Å². The average molecular weight is 367 g/mol. The molecule has 0 aromatic heterocycles. The maximum absolute atomic E-state index is 10.6. The van der Waals surface area contributed by atoms with Crippen LogP contribution in [0.3, 0.4) is 0 Å². The van der Waals surface area contributed by atoms with Crippen molar-refractivity contribution in [3.63, 3.8) is 0 Å². The van der Waals surface area contributed by atoms with E-state index < -0.39 is 23.4 Å². The van der Waals surface area contributed by atoms with Gasteiger partial charge in [0.1, 0.15) is 5.60 Å². The molecule has 3 rings (SSSR count). The molecule has 0 spiro atoms. The average Bonchev–Trinajstić information content (AvgIpc) is 2.58. The first-order valence-electron chi connectivity index (χ1n) is 8.94. The Morgan fingerprint density at radius 2 is 1.69 bits per heavy atom. The van der Waals surface area contributed by atoms with Gasteiger partial charge in [0, 0.05) is 19.1 Å². The van der Waals surface area contributed by atoms with Crippen LogP contribution in [0.5, 0.6) is 11.5 Å². The molecular formula is C19H29NO6. The van der Waals surface area contributed by atoms with Gasteiger partial charge in [-0.1, -0.05) is 0 Å². The van der Waals surface area contributed by atoms with Crippen LogP contribution >= 0.6 is 0 Å². The largest absolute Gasteiger partial charge is 0.493 e. The number of aliphatic hydroxyl groups excluding tert-OH is 1. The van der Waals surface area contributed by atoms with E-state index in [1.54, 1.807) is 14.2 Å². The van der Waals surface area contributed by atoms with Gasteiger partial charge in [-0.15, -0.1) is 0 Å². The maximum Gasteiger partial charge on any atom is 0.198 e. The van der Waals surface area contributed by atoms with E-state index >= 15 is 0 Å². The summed E-state index contributed by atoms with van der Waals surface area (Å²) in [5, 5.41) is 41.7. The normalized spacial score (nSPS) is 26.8. The fourth-order valence-electron chi connectivity index (χ4n) is 4.19. The minimum Gasteiger partial charge on any atom is -0.493 e. The molecule has 146 valence electrons. The second-order valence-electron chi connectivity index (χ2n) is 7.86. The molecule has 0 aliphatic carbocycles. The number of methoxy groups -OCH3 is 2. The molecular weight excluding hydrogens is 338 g/mol. The lowest BCUT2D eigenvalue weighted by Crippen LogP contribution is -2.64. The summed E-state index contributed by atoms with van der Waals surface area (Å²) in [6.45, 7) is 3.71. The summed E-state index contributed by atoms with van der Waals surface area (Å²) < 4.78 is 10.8. The van der Waals surface area contributed by atoms with Crippen molar-refractivity contribution in [3.8, 4) is 11.5 Å². The first-order chi connectivity index (χ1) is 12.1. The topological polar surface area (TPSA) is 103 Å². The lowest BCUT2D eigenvalue weighted by Gasteiger charge is -2.51. The number of benzene rings is 1. The van der Waals surface area contributed by atoms with Crippen molar-refractivity contribution in [2.24, 2.45) is 5.92 Å². The van der Waals surface area contributed by atoms with Gasteiger partial charge in [-0.2, -0.15) is 0 Å². The highest BCUT2D eigenvalue weighted by molar-refractivity contribution is 5.49.